The Morgan fingerprint density at radius 2 is 2.21 bits per heavy atom. The largest absolute Gasteiger partial charge is 0.460 e. The zero-order chi connectivity index (χ0) is 13.2. The number of rotatable bonds is 3. The lowest BCUT2D eigenvalue weighted by atomic mass is 10.1. The van der Waals surface area contributed by atoms with Crippen LogP contribution in [0.25, 0.3) is 0 Å². The molecule has 0 N–H and O–H groups in total. The highest BCUT2D eigenvalue weighted by molar-refractivity contribution is 7.11. The number of carbonyl (C=O) groups excluding carboxylic acids is 1. The molecule has 1 aliphatic carbocycles. The molecule has 1 aromatic heterocycles. The SMILES string of the molecule is Cc1nc2c(s1)CCC2C(=O)OCc1ccccc1. The predicted molar refractivity (Wildman–Crippen MR) is 74.2 cm³/mol. The van der Waals surface area contributed by atoms with Gasteiger partial charge in [0.25, 0.3) is 0 Å². The Labute approximate surface area is 116 Å². The zero-order valence-electron chi connectivity index (χ0n) is 10.8. The van der Waals surface area contributed by atoms with Gasteiger partial charge in [-0.05, 0) is 25.3 Å². The number of ether oxygens (including phenoxy) is 1. The minimum atomic E-state index is -0.163. The van der Waals surface area contributed by atoms with Crippen LogP contribution in [0.1, 0.15) is 33.5 Å². The van der Waals surface area contributed by atoms with Gasteiger partial charge < -0.3 is 4.74 Å². The van der Waals surface area contributed by atoms with Crippen molar-refractivity contribution in [3.05, 3.63) is 51.5 Å². The maximum atomic E-state index is 12.1. The van der Waals surface area contributed by atoms with Crippen molar-refractivity contribution in [3.8, 4) is 0 Å². The van der Waals surface area contributed by atoms with Crippen LogP contribution in [0.2, 0.25) is 0 Å². The van der Waals surface area contributed by atoms with Gasteiger partial charge in [-0.2, -0.15) is 0 Å². The smallest absolute Gasteiger partial charge is 0.315 e. The van der Waals surface area contributed by atoms with E-state index < -0.39 is 0 Å². The quantitative estimate of drug-likeness (QED) is 0.806. The summed E-state index contributed by atoms with van der Waals surface area (Å²) in [7, 11) is 0. The second-order valence-electron chi connectivity index (χ2n) is 4.73. The van der Waals surface area contributed by atoms with E-state index in [2.05, 4.69) is 4.98 Å². The van der Waals surface area contributed by atoms with Gasteiger partial charge in [-0.15, -0.1) is 11.3 Å². The highest BCUT2D eigenvalue weighted by Gasteiger charge is 2.33. The molecule has 98 valence electrons. The van der Waals surface area contributed by atoms with E-state index in [9.17, 15) is 4.79 Å². The second kappa shape index (κ2) is 5.13. The van der Waals surface area contributed by atoms with E-state index in [4.69, 9.17) is 4.74 Å². The summed E-state index contributed by atoms with van der Waals surface area (Å²) in [6.45, 7) is 2.32. The molecule has 0 saturated heterocycles. The number of carbonyl (C=O) groups is 1. The fourth-order valence-electron chi connectivity index (χ4n) is 2.41. The molecule has 0 spiro atoms. The van der Waals surface area contributed by atoms with E-state index in [-0.39, 0.29) is 11.9 Å². The summed E-state index contributed by atoms with van der Waals surface area (Å²) in [6.07, 6.45) is 1.79. The average Bonchev–Trinajstić information content (AvgIpc) is 2.96. The van der Waals surface area contributed by atoms with E-state index in [1.807, 2.05) is 37.3 Å². The number of nitrogens with zero attached hydrogens (tertiary/aromatic N) is 1. The van der Waals surface area contributed by atoms with Gasteiger partial charge in [0.15, 0.2) is 0 Å². The van der Waals surface area contributed by atoms with Crippen molar-refractivity contribution in [1.82, 2.24) is 4.98 Å². The third-order valence-electron chi connectivity index (χ3n) is 3.33. The number of aryl methyl sites for hydroxylation is 2. The molecule has 1 atom stereocenters. The van der Waals surface area contributed by atoms with Gasteiger partial charge in [0, 0.05) is 4.88 Å². The molecule has 3 nitrogen and oxygen atoms in total. The first kappa shape index (κ1) is 12.4. The lowest BCUT2D eigenvalue weighted by Crippen LogP contribution is -2.14. The van der Waals surface area contributed by atoms with Crippen LogP contribution in [0.15, 0.2) is 30.3 Å². The molecule has 1 aliphatic rings. The molecule has 2 aromatic rings. The van der Waals surface area contributed by atoms with Crippen molar-refractivity contribution in [2.75, 3.05) is 0 Å². The van der Waals surface area contributed by atoms with Crippen LogP contribution in [0.3, 0.4) is 0 Å². The Hall–Kier alpha value is -1.68. The first-order valence-corrected chi connectivity index (χ1v) is 7.22. The van der Waals surface area contributed by atoms with Crippen LogP contribution in [0.5, 0.6) is 0 Å². The third kappa shape index (κ3) is 2.54. The molecule has 0 saturated carbocycles. The highest BCUT2D eigenvalue weighted by Crippen LogP contribution is 2.36. The topological polar surface area (TPSA) is 39.2 Å². The number of aromatic nitrogens is 1. The molecular formula is C15H15NO2S. The second-order valence-corrected chi connectivity index (χ2v) is 6.01. The van der Waals surface area contributed by atoms with Gasteiger partial charge >= 0.3 is 5.97 Å². The molecule has 4 heteroatoms. The Morgan fingerprint density at radius 3 is 3.00 bits per heavy atom. The van der Waals surface area contributed by atoms with Crippen LogP contribution in [0, 0.1) is 6.92 Å². The lowest BCUT2D eigenvalue weighted by Gasteiger charge is -2.09. The molecule has 19 heavy (non-hydrogen) atoms. The van der Waals surface area contributed by atoms with Gasteiger partial charge in [-0.1, -0.05) is 30.3 Å². The van der Waals surface area contributed by atoms with Crippen molar-refractivity contribution in [1.29, 1.82) is 0 Å². The van der Waals surface area contributed by atoms with E-state index in [0.29, 0.717) is 6.61 Å². The zero-order valence-corrected chi connectivity index (χ0v) is 11.6. The van der Waals surface area contributed by atoms with Crippen molar-refractivity contribution in [2.45, 2.75) is 32.3 Å². The number of benzene rings is 1. The minimum Gasteiger partial charge on any atom is -0.460 e. The molecule has 1 unspecified atom stereocenters. The van der Waals surface area contributed by atoms with Crippen LogP contribution in [-0.4, -0.2) is 11.0 Å². The van der Waals surface area contributed by atoms with Gasteiger partial charge in [-0.25, -0.2) is 4.98 Å². The van der Waals surface area contributed by atoms with E-state index in [1.54, 1.807) is 11.3 Å². The van der Waals surface area contributed by atoms with Gasteiger partial charge in [-0.3, -0.25) is 4.79 Å². The first-order chi connectivity index (χ1) is 9.24. The van der Waals surface area contributed by atoms with Crippen molar-refractivity contribution in [3.63, 3.8) is 0 Å². The minimum absolute atomic E-state index is 0.145. The van der Waals surface area contributed by atoms with Crippen molar-refractivity contribution < 1.29 is 9.53 Å². The fraction of sp³-hybridized carbons (Fsp3) is 0.333. The Kier molecular flexibility index (Phi) is 3.34. The molecule has 0 radical (unpaired) electrons. The standard InChI is InChI=1S/C15H15NO2S/c1-10-16-14-12(7-8-13(14)19-10)15(17)18-9-11-5-3-2-4-6-11/h2-6,12H,7-9H2,1H3. The lowest BCUT2D eigenvalue weighted by molar-refractivity contribution is -0.146. The normalized spacial score (nSPS) is 17.2. The van der Waals surface area contributed by atoms with Crippen LogP contribution < -0.4 is 0 Å². The maximum absolute atomic E-state index is 12.1. The van der Waals surface area contributed by atoms with Gasteiger partial charge in [0.05, 0.1) is 10.7 Å². The van der Waals surface area contributed by atoms with E-state index in [1.165, 1.54) is 4.88 Å². The molecule has 0 bridgehead atoms. The van der Waals surface area contributed by atoms with Crippen molar-refractivity contribution in [2.24, 2.45) is 0 Å². The predicted octanol–water partition coefficient (Wildman–Crippen LogP) is 3.22. The van der Waals surface area contributed by atoms with Crippen LogP contribution in [0.4, 0.5) is 0 Å². The summed E-state index contributed by atoms with van der Waals surface area (Å²) < 4.78 is 5.40. The third-order valence-corrected chi connectivity index (χ3v) is 4.38. The number of hydrogen-bond acceptors (Lipinski definition) is 4. The summed E-state index contributed by atoms with van der Waals surface area (Å²) in [5.41, 5.74) is 1.96. The first-order valence-electron chi connectivity index (χ1n) is 6.41. The average molecular weight is 273 g/mol. The molecule has 1 heterocycles. The molecule has 0 aliphatic heterocycles. The van der Waals surface area contributed by atoms with Crippen LogP contribution >= 0.6 is 11.3 Å². The summed E-state index contributed by atoms with van der Waals surface area (Å²) in [6, 6.07) is 9.76. The molecule has 3 rings (SSSR count). The van der Waals surface area contributed by atoms with Gasteiger partial charge in [0.1, 0.15) is 12.5 Å². The van der Waals surface area contributed by atoms with Gasteiger partial charge in [0.2, 0.25) is 0 Å². The molecule has 0 amide bonds. The number of thiazole rings is 1. The Balaban J connectivity index is 1.66. The molecule has 0 fully saturated rings. The molecular weight excluding hydrogens is 258 g/mol. The summed E-state index contributed by atoms with van der Waals surface area (Å²) in [5.74, 6) is -0.309. The number of esters is 1. The van der Waals surface area contributed by atoms with E-state index >= 15 is 0 Å². The Morgan fingerprint density at radius 1 is 1.42 bits per heavy atom. The summed E-state index contributed by atoms with van der Waals surface area (Å²) >= 11 is 1.69. The number of hydrogen-bond donors (Lipinski definition) is 0. The fourth-order valence-corrected chi connectivity index (χ4v) is 3.42. The summed E-state index contributed by atoms with van der Waals surface area (Å²) in [5, 5.41) is 1.03. The maximum Gasteiger partial charge on any atom is 0.315 e. The van der Waals surface area contributed by atoms with Crippen molar-refractivity contribution >= 4 is 17.3 Å². The number of fused-ring (bicyclic) bond motifs is 1. The highest BCUT2D eigenvalue weighted by atomic mass is 32.1. The van der Waals surface area contributed by atoms with Crippen LogP contribution in [-0.2, 0) is 22.6 Å². The molecule has 1 aromatic carbocycles. The Bertz CT molecular complexity index is 591. The summed E-state index contributed by atoms with van der Waals surface area (Å²) in [4.78, 5) is 17.8. The van der Waals surface area contributed by atoms with E-state index in [0.717, 1.165) is 29.1 Å². The monoisotopic (exact) mass is 273 g/mol.